The molecule has 1 atom stereocenters. The Hall–Kier alpha value is -3.61. The molecule has 7 nitrogen and oxygen atoms in total. The number of nitrogens with zero attached hydrogens (tertiary/aromatic N) is 3. The van der Waals surface area contributed by atoms with Crippen LogP contribution in [0.15, 0.2) is 71.7 Å². The van der Waals surface area contributed by atoms with Gasteiger partial charge in [0.15, 0.2) is 0 Å². The van der Waals surface area contributed by atoms with Crippen molar-refractivity contribution >= 4 is 11.6 Å². The third kappa shape index (κ3) is 6.25. The molecule has 1 unspecified atom stereocenters. The second-order valence-electron chi connectivity index (χ2n) is 9.01. The van der Waals surface area contributed by atoms with E-state index in [2.05, 4.69) is 15.3 Å². The zero-order valence-corrected chi connectivity index (χ0v) is 19.8. The molecule has 1 saturated heterocycles. The maximum atomic E-state index is 12.8. The summed E-state index contributed by atoms with van der Waals surface area (Å²) in [4.78, 5) is 27.6. The van der Waals surface area contributed by atoms with Gasteiger partial charge in [-0.25, -0.2) is 4.68 Å². The third-order valence-corrected chi connectivity index (χ3v) is 5.95. The van der Waals surface area contributed by atoms with E-state index in [0.29, 0.717) is 19.6 Å². The van der Waals surface area contributed by atoms with Gasteiger partial charge in [-0.05, 0) is 49.9 Å². The largest absolute Gasteiger partial charge is 0.491 e. The van der Waals surface area contributed by atoms with E-state index in [1.54, 1.807) is 12.3 Å². The number of amides is 1. The Morgan fingerprint density at radius 1 is 1.12 bits per heavy atom. The van der Waals surface area contributed by atoms with Crippen LogP contribution in [0.3, 0.4) is 0 Å². The van der Waals surface area contributed by atoms with E-state index >= 15 is 0 Å². The van der Waals surface area contributed by atoms with E-state index in [0.717, 1.165) is 42.0 Å². The van der Waals surface area contributed by atoms with Crippen molar-refractivity contribution in [3.8, 4) is 5.75 Å². The van der Waals surface area contributed by atoms with Gasteiger partial charge in [0.25, 0.3) is 5.56 Å². The molecule has 0 aliphatic carbocycles. The van der Waals surface area contributed by atoms with Gasteiger partial charge in [-0.1, -0.05) is 42.5 Å². The molecule has 0 radical (unpaired) electrons. The van der Waals surface area contributed by atoms with Gasteiger partial charge in [0, 0.05) is 25.7 Å². The van der Waals surface area contributed by atoms with Crippen LogP contribution in [0, 0.1) is 5.92 Å². The molecule has 0 saturated carbocycles. The Labute approximate surface area is 200 Å². The average Bonchev–Trinajstić information content (AvgIpc) is 2.85. The van der Waals surface area contributed by atoms with Crippen molar-refractivity contribution in [1.82, 2.24) is 15.1 Å². The predicted octanol–water partition coefficient (Wildman–Crippen LogP) is 3.61. The van der Waals surface area contributed by atoms with Crippen LogP contribution in [0.1, 0.15) is 37.8 Å². The highest BCUT2D eigenvalue weighted by molar-refractivity contribution is 5.79. The minimum Gasteiger partial charge on any atom is -0.491 e. The maximum Gasteiger partial charge on any atom is 0.269 e. The lowest BCUT2D eigenvalue weighted by atomic mass is 9.96. The zero-order chi connectivity index (χ0) is 23.9. The summed E-state index contributed by atoms with van der Waals surface area (Å²) < 4.78 is 7.13. The van der Waals surface area contributed by atoms with Gasteiger partial charge in [-0.2, -0.15) is 5.10 Å². The Kier molecular flexibility index (Phi) is 7.62. The first kappa shape index (κ1) is 23.5. The molecule has 3 aromatic rings. The van der Waals surface area contributed by atoms with Crippen molar-refractivity contribution < 1.29 is 9.53 Å². The summed E-state index contributed by atoms with van der Waals surface area (Å²) in [6.45, 7) is 6.30. The molecule has 2 heterocycles. The third-order valence-electron chi connectivity index (χ3n) is 5.95. The Morgan fingerprint density at radius 2 is 1.88 bits per heavy atom. The first-order valence-electron chi connectivity index (χ1n) is 11.9. The quantitative estimate of drug-likeness (QED) is 0.556. The van der Waals surface area contributed by atoms with Gasteiger partial charge in [-0.15, -0.1) is 0 Å². The van der Waals surface area contributed by atoms with Crippen LogP contribution in [-0.4, -0.2) is 34.9 Å². The highest BCUT2D eigenvalue weighted by atomic mass is 16.5. The number of piperidine rings is 1. The van der Waals surface area contributed by atoms with Crippen LogP contribution in [0.5, 0.6) is 5.75 Å². The van der Waals surface area contributed by atoms with Crippen molar-refractivity contribution in [3.63, 3.8) is 0 Å². The Bertz CT molecular complexity index is 1140. The van der Waals surface area contributed by atoms with Gasteiger partial charge in [0.2, 0.25) is 5.91 Å². The average molecular weight is 461 g/mol. The molecular formula is C27H32N4O3. The molecule has 0 bridgehead atoms. The number of carbonyl (C=O) groups excluding carboxylic acids is 1. The fourth-order valence-corrected chi connectivity index (χ4v) is 4.19. The van der Waals surface area contributed by atoms with Crippen molar-refractivity contribution in [1.29, 1.82) is 0 Å². The molecule has 1 aromatic heterocycles. The molecule has 1 amide bonds. The minimum atomic E-state index is -0.141. The number of hydrogen-bond donors (Lipinski definition) is 1. The highest BCUT2D eigenvalue weighted by Crippen LogP contribution is 2.22. The van der Waals surface area contributed by atoms with Gasteiger partial charge >= 0.3 is 0 Å². The lowest BCUT2D eigenvalue weighted by Crippen LogP contribution is -2.43. The van der Waals surface area contributed by atoms with E-state index in [1.807, 2.05) is 68.4 Å². The van der Waals surface area contributed by atoms with Crippen molar-refractivity contribution in [2.24, 2.45) is 5.92 Å². The molecule has 1 aliphatic heterocycles. The summed E-state index contributed by atoms with van der Waals surface area (Å²) >= 11 is 0. The summed E-state index contributed by atoms with van der Waals surface area (Å²) in [5.41, 5.74) is 2.69. The van der Waals surface area contributed by atoms with E-state index in [9.17, 15) is 9.59 Å². The molecule has 34 heavy (non-hydrogen) atoms. The number of nitrogens with one attached hydrogen (secondary N) is 1. The Balaban J connectivity index is 1.33. The number of ether oxygens (including phenoxy) is 1. The van der Waals surface area contributed by atoms with Crippen LogP contribution < -0.4 is 20.5 Å². The van der Waals surface area contributed by atoms with Crippen LogP contribution in [0.25, 0.3) is 0 Å². The molecule has 1 N–H and O–H groups in total. The number of anilines is 1. The van der Waals surface area contributed by atoms with E-state index in [4.69, 9.17) is 4.74 Å². The minimum absolute atomic E-state index is 0.0394. The summed E-state index contributed by atoms with van der Waals surface area (Å²) in [7, 11) is 0. The van der Waals surface area contributed by atoms with Crippen LogP contribution in [0.2, 0.25) is 0 Å². The van der Waals surface area contributed by atoms with Crippen molar-refractivity contribution in [3.05, 3.63) is 88.3 Å². The monoisotopic (exact) mass is 460 g/mol. The molecule has 0 spiro atoms. The standard InChI is InChI=1S/C27H32N4O3/c1-20(2)34-25-12-10-21(11-13-25)16-28-27(33)23-9-6-14-30(19-23)24-15-26(32)31(29-17-24)18-22-7-4-3-5-8-22/h3-5,7-8,10-13,15,17,20,23H,6,9,14,16,18-19H2,1-2H3,(H,28,33). The van der Waals surface area contributed by atoms with Crippen LogP contribution in [0.4, 0.5) is 5.69 Å². The van der Waals surface area contributed by atoms with E-state index in [-0.39, 0.29) is 23.5 Å². The lowest BCUT2D eigenvalue weighted by molar-refractivity contribution is -0.125. The predicted molar refractivity (Wildman–Crippen MR) is 133 cm³/mol. The summed E-state index contributed by atoms with van der Waals surface area (Å²) in [6, 6.07) is 19.2. The number of benzene rings is 2. The number of carbonyl (C=O) groups is 1. The zero-order valence-electron chi connectivity index (χ0n) is 19.8. The van der Waals surface area contributed by atoms with Crippen molar-refractivity contribution in [2.45, 2.75) is 45.9 Å². The smallest absolute Gasteiger partial charge is 0.269 e. The molecule has 4 rings (SSSR count). The van der Waals surface area contributed by atoms with Crippen molar-refractivity contribution in [2.75, 3.05) is 18.0 Å². The first-order valence-corrected chi connectivity index (χ1v) is 11.9. The fraction of sp³-hybridized carbons (Fsp3) is 0.370. The Morgan fingerprint density at radius 3 is 2.59 bits per heavy atom. The summed E-state index contributed by atoms with van der Waals surface area (Å²) in [5.74, 6) is 0.744. The van der Waals surface area contributed by atoms with Gasteiger partial charge in [0.1, 0.15) is 5.75 Å². The van der Waals surface area contributed by atoms with Gasteiger partial charge < -0.3 is 15.0 Å². The molecule has 1 fully saturated rings. The molecule has 7 heteroatoms. The number of rotatable bonds is 8. The number of hydrogen-bond acceptors (Lipinski definition) is 5. The molecular weight excluding hydrogens is 428 g/mol. The molecule has 2 aromatic carbocycles. The fourth-order valence-electron chi connectivity index (χ4n) is 4.19. The second kappa shape index (κ2) is 11.0. The van der Waals surface area contributed by atoms with Crippen LogP contribution >= 0.6 is 0 Å². The summed E-state index contributed by atoms with van der Waals surface area (Å²) in [6.07, 6.45) is 3.59. The van der Waals surface area contributed by atoms with Crippen LogP contribution in [-0.2, 0) is 17.9 Å². The first-order chi connectivity index (χ1) is 16.5. The normalized spacial score (nSPS) is 15.9. The van der Waals surface area contributed by atoms with Gasteiger partial charge in [0.05, 0.1) is 30.5 Å². The van der Waals surface area contributed by atoms with E-state index < -0.39 is 0 Å². The number of aromatic nitrogens is 2. The molecule has 1 aliphatic rings. The SMILES string of the molecule is CC(C)Oc1ccc(CNC(=O)C2CCCN(c3cnn(Cc4ccccc4)c(=O)c3)C2)cc1. The lowest BCUT2D eigenvalue weighted by Gasteiger charge is -2.33. The molecule has 178 valence electrons. The van der Waals surface area contributed by atoms with Gasteiger partial charge in [-0.3, -0.25) is 9.59 Å². The summed E-state index contributed by atoms with van der Waals surface area (Å²) in [5, 5.41) is 7.43. The second-order valence-corrected chi connectivity index (χ2v) is 9.01. The van der Waals surface area contributed by atoms with E-state index in [1.165, 1.54) is 4.68 Å². The topological polar surface area (TPSA) is 76.5 Å². The maximum absolute atomic E-state index is 12.8. The highest BCUT2D eigenvalue weighted by Gasteiger charge is 2.26.